The van der Waals surface area contributed by atoms with Crippen LogP contribution in [-0.4, -0.2) is 61.4 Å². The molecule has 1 unspecified atom stereocenters. The zero-order valence-corrected chi connectivity index (χ0v) is 12.7. The quantitative estimate of drug-likeness (QED) is 0.701. The molecule has 0 spiro atoms. The molecule has 5 nitrogen and oxygen atoms in total. The topological polar surface area (TPSA) is 61.8 Å². The summed E-state index contributed by atoms with van der Waals surface area (Å²) in [7, 11) is 2.05. The number of aliphatic carboxylic acids is 1. The fourth-order valence-corrected chi connectivity index (χ4v) is 3.40. The van der Waals surface area contributed by atoms with Gasteiger partial charge in [-0.3, -0.25) is 4.79 Å². The molecule has 0 amide bonds. The lowest BCUT2D eigenvalue weighted by atomic mass is 9.91. The Labute approximate surface area is 121 Å². The summed E-state index contributed by atoms with van der Waals surface area (Å²) in [5.74, 6) is 0.235. The van der Waals surface area contributed by atoms with Crippen LogP contribution in [0.4, 0.5) is 0 Å². The summed E-state index contributed by atoms with van der Waals surface area (Å²) in [6, 6.07) is 0. The van der Waals surface area contributed by atoms with E-state index < -0.39 is 11.5 Å². The summed E-state index contributed by atoms with van der Waals surface area (Å²) < 4.78 is 5.38. The summed E-state index contributed by atoms with van der Waals surface area (Å²) in [6.07, 6.45) is 4.25. The Morgan fingerprint density at radius 3 is 2.50 bits per heavy atom. The van der Waals surface area contributed by atoms with E-state index in [1.807, 2.05) is 14.0 Å². The van der Waals surface area contributed by atoms with Crippen LogP contribution >= 0.6 is 0 Å². The number of hydrogen-bond donors (Lipinski definition) is 2. The Morgan fingerprint density at radius 1 is 1.35 bits per heavy atom. The average molecular weight is 284 g/mol. The fraction of sp³-hybridized carbons (Fsp3) is 0.933. The second kappa shape index (κ2) is 6.87. The number of carbonyl (C=O) groups is 1. The minimum absolute atomic E-state index is 0.289. The molecule has 0 bridgehead atoms. The van der Waals surface area contributed by atoms with Crippen LogP contribution in [-0.2, 0) is 9.53 Å². The minimum Gasteiger partial charge on any atom is -0.480 e. The molecule has 1 saturated carbocycles. The van der Waals surface area contributed by atoms with Crippen molar-refractivity contribution in [2.24, 2.45) is 11.8 Å². The summed E-state index contributed by atoms with van der Waals surface area (Å²) >= 11 is 0. The second-order valence-electron chi connectivity index (χ2n) is 6.33. The standard InChI is InChI=1S/C15H28N2O3/c1-3-16-15(14(18)19,13-4-5-13)11-17(2)10-12-6-8-20-9-7-12/h12-13,16H,3-11H2,1-2H3,(H,18,19). The SMILES string of the molecule is CCNC(CN(C)CC1CCOCC1)(C(=O)O)C1CC1. The highest BCUT2D eigenvalue weighted by Gasteiger charge is 2.51. The van der Waals surface area contributed by atoms with Gasteiger partial charge in [-0.15, -0.1) is 0 Å². The Kier molecular flexibility index (Phi) is 5.41. The van der Waals surface area contributed by atoms with Crippen LogP contribution < -0.4 is 5.32 Å². The van der Waals surface area contributed by atoms with Gasteiger partial charge in [0.15, 0.2) is 0 Å². The van der Waals surface area contributed by atoms with Crippen molar-refractivity contribution in [2.45, 2.75) is 38.1 Å². The molecule has 1 aliphatic heterocycles. The van der Waals surface area contributed by atoms with Crippen molar-refractivity contribution in [3.05, 3.63) is 0 Å². The van der Waals surface area contributed by atoms with Crippen LogP contribution in [0.5, 0.6) is 0 Å². The van der Waals surface area contributed by atoms with Gasteiger partial charge in [-0.1, -0.05) is 6.92 Å². The van der Waals surface area contributed by atoms with Gasteiger partial charge in [0.05, 0.1) is 0 Å². The van der Waals surface area contributed by atoms with Crippen LogP contribution in [0, 0.1) is 11.8 Å². The Hall–Kier alpha value is -0.650. The van der Waals surface area contributed by atoms with E-state index in [2.05, 4.69) is 10.2 Å². The number of carboxylic acid groups (broad SMARTS) is 1. The van der Waals surface area contributed by atoms with Crippen LogP contribution in [0.2, 0.25) is 0 Å². The highest BCUT2D eigenvalue weighted by molar-refractivity contribution is 5.80. The average Bonchev–Trinajstić information content (AvgIpc) is 3.23. The van der Waals surface area contributed by atoms with Crippen LogP contribution in [0.25, 0.3) is 0 Å². The van der Waals surface area contributed by atoms with Gasteiger partial charge in [-0.05, 0) is 51.1 Å². The second-order valence-corrected chi connectivity index (χ2v) is 6.33. The van der Waals surface area contributed by atoms with E-state index in [9.17, 15) is 9.90 Å². The van der Waals surface area contributed by atoms with E-state index in [-0.39, 0.29) is 5.92 Å². The zero-order valence-electron chi connectivity index (χ0n) is 12.7. The van der Waals surface area contributed by atoms with Gasteiger partial charge in [0.1, 0.15) is 5.54 Å². The fourth-order valence-electron chi connectivity index (χ4n) is 3.40. The van der Waals surface area contributed by atoms with Gasteiger partial charge in [0, 0.05) is 26.3 Å². The number of nitrogens with one attached hydrogen (secondary N) is 1. The Bertz CT molecular complexity index is 327. The van der Waals surface area contributed by atoms with E-state index in [4.69, 9.17) is 4.74 Å². The van der Waals surface area contributed by atoms with Crippen molar-refractivity contribution in [3.8, 4) is 0 Å². The van der Waals surface area contributed by atoms with E-state index >= 15 is 0 Å². The lowest BCUT2D eigenvalue weighted by Crippen LogP contribution is -2.60. The molecular formula is C15H28N2O3. The number of ether oxygens (including phenoxy) is 1. The largest absolute Gasteiger partial charge is 0.480 e. The lowest BCUT2D eigenvalue weighted by molar-refractivity contribution is -0.147. The van der Waals surface area contributed by atoms with Gasteiger partial charge in [-0.25, -0.2) is 0 Å². The molecule has 0 aromatic heterocycles. The van der Waals surface area contributed by atoms with Gasteiger partial charge in [-0.2, -0.15) is 0 Å². The first-order valence-corrected chi connectivity index (χ1v) is 7.83. The first kappa shape index (κ1) is 15.7. The summed E-state index contributed by atoms with van der Waals surface area (Å²) in [5, 5.41) is 13.0. The molecule has 1 heterocycles. The zero-order chi connectivity index (χ0) is 14.6. The molecule has 2 aliphatic rings. The number of carboxylic acids is 1. The molecule has 20 heavy (non-hydrogen) atoms. The molecule has 1 atom stereocenters. The first-order valence-electron chi connectivity index (χ1n) is 7.83. The molecule has 2 N–H and O–H groups in total. The smallest absolute Gasteiger partial charge is 0.325 e. The molecule has 2 rings (SSSR count). The summed E-state index contributed by atoms with van der Waals surface area (Å²) in [4.78, 5) is 14.0. The Morgan fingerprint density at radius 2 is 2.00 bits per heavy atom. The van der Waals surface area contributed by atoms with Gasteiger partial charge in [0.2, 0.25) is 0 Å². The first-order chi connectivity index (χ1) is 9.58. The molecule has 1 aliphatic carbocycles. The summed E-state index contributed by atoms with van der Waals surface area (Å²) in [6.45, 7) is 5.94. The molecule has 2 fully saturated rings. The normalized spacial score (nSPS) is 23.8. The van der Waals surface area contributed by atoms with Crippen LogP contribution in [0.3, 0.4) is 0 Å². The third-order valence-electron chi connectivity index (χ3n) is 4.58. The minimum atomic E-state index is -0.755. The maximum Gasteiger partial charge on any atom is 0.325 e. The van der Waals surface area contributed by atoms with Gasteiger partial charge < -0.3 is 20.1 Å². The predicted molar refractivity (Wildman–Crippen MR) is 77.8 cm³/mol. The molecule has 0 aromatic carbocycles. The third-order valence-corrected chi connectivity index (χ3v) is 4.58. The molecule has 0 aromatic rings. The number of rotatable bonds is 8. The van der Waals surface area contributed by atoms with E-state index in [1.54, 1.807) is 0 Å². The molecule has 116 valence electrons. The van der Waals surface area contributed by atoms with Crippen molar-refractivity contribution in [2.75, 3.05) is 39.9 Å². The van der Waals surface area contributed by atoms with Crippen molar-refractivity contribution in [1.29, 1.82) is 0 Å². The van der Waals surface area contributed by atoms with Crippen LogP contribution in [0.1, 0.15) is 32.6 Å². The van der Waals surface area contributed by atoms with E-state index in [0.717, 1.165) is 45.4 Å². The lowest BCUT2D eigenvalue weighted by Gasteiger charge is -2.36. The molecule has 5 heteroatoms. The monoisotopic (exact) mass is 284 g/mol. The van der Waals surface area contributed by atoms with E-state index in [0.29, 0.717) is 19.0 Å². The van der Waals surface area contributed by atoms with Gasteiger partial charge in [0.25, 0.3) is 0 Å². The van der Waals surface area contributed by atoms with Crippen molar-refractivity contribution in [3.63, 3.8) is 0 Å². The maximum absolute atomic E-state index is 11.8. The highest BCUT2D eigenvalue weighted by Crippen LogP contribution is 2.40. The number of hydrogen-bond acceptors (Lipinski definition) is 4. The van der Waals surface area contributed by atoms with Crippen molar-refractivity contribution < 1.29 is 14.6 Å². The van der Waals surface area contributed by atoms with Crippen molar-refractivity contribution >= 4 is 5.97 Å². The van der Waals surface area contributed by atoms with Crippen LogP contribution in [0.15, 0.2) is 0 Å². The number of nitrogens with zero attached hydrogens (tertiary/aromatic N) is 1. The number of likely N-dealkylation sites (N-methyl/N-ethyl adjacent to an activating group) is 2. The van der Waals surface area contributed by atoms with E-state index in [1.165, 1.54) is 0 Å². The predicted octanol–water partition coefficient (Wildman–Crippen LogP) is 1.19. The summed E-state index contributed by atoms with van der Waals surface area (Å²) in [5.41, 5.74) is -0.755. The van der Waals surface area contributed by atoms with Crippen molar-refractivity contribution in [1.82, 2.24) is 10.2 Å². The third kappa shape index (κ3) is 3.71. The molecular weight excluding hydrogens is 256 g/mol. The molecule has 1 saturated heterocycles. The van der Waals surface area contributed by atoms with Gasteiger partial charge >= 0.3 is 5.97 Å². The Balaban J connectivity index is 1.93. The maximum atomic E-state index is 11.8. The highest BCUT2D eigenvalue weighted by atomic mass is 16.5. The molecule has 0 radical (unpaired) electrons.